The number of furan rings is 2. The van der Waals surface area contributed by atoms with Crippen LogP contribution in [0, 0.1) is 5.41 Å². The van der Waals surface area contributed by atoms with E-state index in [1.54, 1.807) is 0 Å². The summed E-state index contributed by atoms with van der Waals surface area (Å²) in [6.45, 7) is 29.6. The molecule has 0 radical (unpaired) electrons. The summed E-state index contributed by atoms with van der Waals surface area (Å²) in [7, 11) is 0. The Kier molecular flexibility index (Phi) is 13.0. The smallest absolute Gasteiger partial charge is 0.145 e. The molecule has 9 aromatic carbocycles. The number of nitrogens with zero attached hydrogens (tertiary/aromatic N) is 2. The highest BCUT2D eigenvalue weighted by Crippen LogP contribution is 2.64. The Morgan fingerprint density at radius 2 is 0.827 bits per heavy atom. The Bertz CT molecular complexity index is 4100. The molecule has 0 spiro atoms. The van der Waals surface area contributed by atoms with E-state index in [0.29, 0.717) is 0 Å². The highest BCUT2D eigenvalue weighted by Gasteiger charge is 2.51. The van der Waals surface area contributed by atoms with Crippen molar-refractivity contribution in [1.82, 2.24) is 0 Å². The first-order chi connectivity index (χ1) is 38.7. The SMILES string of the molecule is C/C=C(\C=C/CC(C)(C)C)N(c1ccc(C(C)(C)C)cc1)c1cc2c(c3oc4ccccc4c13)-c1c(cc(N(c3ccc(C(C)(C)C)cc3)c3ccc(C(C)(C)C)cc3)c3c1oc1ccccc13)C2(c1ccccc1)c1ccccc1. The van der Waals surface area contributed by atoms with Gasteiger partial charge in [0.2, 0.25) is 0 Å². The minimum Gasteiger partial charge on any atom is -0.455 e. The summed E-state index contributed by atoms with van der Waals surface area (Å²) in [5.41, 5.74) is 19.2. The Morgan fingerprint density at radius 3 is 1.23 bits per heavy atom. The maximum atomic E-state index is 7.55. The fourth-order valence-corrected chi connectivity index (χ4v) is 12.5. The largest absolute Gasteiger partial charge is 0.455 e. The summed E-state index contributed by atoms with van der Waals surface area (Å²) in [5.74, 6) is 0. The molecule has 0 unspecified atom stereocenters. The molecule has 2 heterocycles. The van der Waals surface area contributed by atoms with Crippen molar-refractivity contribution in [3.8, 4) is 11.1 Å². The van der Waals surface area contributed by atoms with Crippen molar-refractivity contribution in [1.29, 1.82) is 0 Å². The zero-order chi connectivity index (χ0) is 56.8. The van der Waals surface area contributed by atoms with Crippen LogP contribution in [0.1, 0.15) is 135 Å². The Balaban J connectivity index is 1.27. The van der Waals surface area contributed by atoms with Crippen LogP contribution in [0.3, 0.4) is 0 Å². The number of para-hydroxylation sites is 2. The number of hydrogen-bond donors (Lipinski definition) is 0. The molecule has 0 bridgehead atoms. The van der Waals surface area contributed by atoms with E-state index in [2.05, 4.69) is 312 Å². The van der Waals surface area contributed by atoms with E-state index in [-0.39, 0.29) is 21.7 Å². The monoisotopic (exact) mass is 1060 g/mol. The molecule has 406 valence electrons. The van der Waals surface area contributed by atoms with Gasteiger partial charge < -0.3 is 18.6 Å². The molecule has 12 rings (SSSR count). The van der Waals surface area contributed by atoms with Gasteiger partial charge in [0, 0.05) is 44.7 Å². The fraction of sp³-hybridized carbons (Fsp3) is 0.247. The van der Waals surface area contributed by atoms with Crippen LogP contribution in [0.4, 0.5) is 28.4 Å². The van der Waals surface area contributed by atoms with Crippen LogP contribution in [0.5, 0.6) is 0 Å². The minimum atomic E-state index is -0.894. The number of benzene rings is 9. The molecule has 81 heavy (non-hydrogen) atoms. The number of fused-ring (bicyclic) bond motifs is 11. The van der Waals surface area contributed by atoms with Gasteiger partial charge in [-0.15, -0.1) is 0 Å². The molecule has 1 aliphatic carbocycles. The zero-order valence-corrected chi connectivity index (χ0v) is 49.6. The minimum absolute atomic E-state index is 0.0279. The van der Waals surface area contributed by atoms with Gasteiger partial charge >= 0.3 is 0 Å². The summed E-state index contributed by atoms with van der Waals surface area (Å²) in [6.07, 6.45) is 7.85. The topological polar surface area (TPSA) is 32.8 Å². The first kappa shape index (κ1) is 53.3. The van der Waals surface area contributed by atoms with E-state index in [1.165, 1.54) is 16.7 Å². The van der Waals surface area contributed by atoms with E-state index < -0.39 is 5.41 Å². The lowest BCUT2D eigenvalue weighted by molar-refractivity contribution is 0.420. The van der Waals surface area contributed by atoms with Gasteiger partial charge in [-0.25, -0.2) is 0 Å². The molecule has 1 aliphatic rings. The second-order valence-corrected chi connectivity index (χ2v) is 26.7. The molecule has 0 saturated heterocycles. The number of anilines is 5. The normalized spacial score (nSPS) is 13.9. The predicted molar refractivity (Wildman–Crippen MR) is 345 cm³/mol. The van der Waals surface area contributed by atoms with Crippen LogP contribution < -0.4 is 9.80 Å². The lowest BCUT2D eigenvalue weighted by Crippen LogP contribution is -2.29. The second-order valence-electron chi connectivity index (χ2n) is 26.7. The summed E-state index contributed by atoms with van der Waals surface area (Å²) in [5, 5.41) is 4.19. The van der Waals surface area contributed by atoms with Gasteiger partial charge in [0.15, 0.2) is 0 Å². The van der Waals surface area contributed by atoms with E-state index in [9.17, 15) is 0 Å². The second kappa shape index (κ2) is 19.7. The molecule has 0 saturated carbocycles. The van der Waals surface area contributed by atoms with Crippen LogP contribution in [0.15, 0.2) is 227 Å². The van der Waals surface area contributed by atoms with Gasteiger partial charge in [-0.3, -0.25) is 0 Å². The maximum absolute atomic E-state index is 7.55. The standard InChI is InChI=1S/C77H76N2O2/c1-14-55(30-25-47-73(2,3)4)78(56-41-35-50(36-42-56)74(5,6)7)63-48-61-69(71-67(63)59-31-21-23-33-65(59)80-71)70-62(77(61,53-26-17-15-18-27-53)54-28-19-16-20-29-54)49-64(68-60-32-22-24-34-66(60)81-72(68)70)79(57-43-37-51(38-44-57)75(8,9)10)58-45-39-52(40-46-58)76(11,12)13/h14-46,48-49H,47H2,1-13H3/b30-25-,55-14+. The molecule has 4 heteroatoms. The van der Waals surface area contributed by atoms with Crippen LogP contribution in [-0.4, -0.2) is 0 Å². The third kappa shape index (κ3) is 9.18. The van der Waals surface area contributed by atoms with Gasteiger partial charge in [-0.05, 0) is 141 Å². The van der Waals surface area contributed by atoms with E-state index in [1.807, 2.05) is 0 Å². The average molecular weight is 1060 g/mol. The lowest BCUT2D eigenvalue weighted by Gasteiger charge is -2.36. The molecule has 0 amide bonds. The van der Waals surface area contributed by atoms with Crippen LogP contribution >= 0.6 is 0 Å². The Morgan fingerprint density at radius 1 is 0.444 bits per heavy atom. The molecule has 11 aromatic rings. The first-order valence-electron chi connectivity index (χ1n) is 29.0. The van der Waals surface area contributed by atoms with Gasteiger partial charge in [0.25, 0.3) is 0 Å². The third-order valence-corrected chi connectivity index (χ3v) is 16.8. The maximum Gasteiger partial charge on any atom is 0.145 e. The molecule has 4 nitrogen and oxygen atoms in total. The first-order valence-corrected chi connectivity index (χ1v) is 29.0. The molecule has 0 atom stereocenters. The zero-order valence-electron chi connectivity index (χ0n) is 49.6. The van der Waals surface area contributed by atoms with Crippen LogP contribution in [0.2, 0.25) is 0 Å². The van der Waals surface area contributed by atoms with Crippen LogP contribution in [-0.2, 0) is 21.7 Å². The average Bonchev–Trinajstić information content (AvgIpc) is 2.06. The quantitative estimate of drug-likeness (QED) is 0.128. The Hall–Kier alpha value is -8.34. The van der Waals surface area contributed by atoms with E-state index >= 15 is 0 Å². The molecule has 0 fully saturated rings. The highest BCUT2D eigenvalue weighted by molar-refractivity contribution is 6.24. The van der Waals surface area contributed by atoms with Gasteiger partial charge in [0.05, 0.1) is 27.6 Å². The summed E-state index contributed by atoms with van der Waals surface area (Å²) in [4.78, 5) is 4.95. The van der Waals surface area contributed by atoms with Crippen LogP contribution in [0.25, 0.3) is 55.0 Å². The third-order valence-electron chi connectivity index (χ3n) is 16.8. The number of allylic oxidation sites excluding steroid dienone is 3. The van der Waals surface area contributed by atoms with E-state index in [0.717, 1.165) is 118 Å². The molecular formula is C77H76N2O2. The number of rotatable bonds is 10. The van der Waals surface area contributed by atoms with Gasteiger partial charge in [-0.1, -0.05) is 229 Å². The Labute approximate surface area is 480 Å². The van der Waals surface area contributed by atoms with Crippen molar-refractivity contribution in [3.05, 3.63) is 257 Å². The van der Waals surface area contributed by atoms with Gasteiger partial charge in [0.1, 0.15) is 22.3 Å². The van der Waals surface area contributed by atoms with Crippen molar-refractivity contribution in [2.45, 2.75) is 118 Å². The summed E-state index contributed by atoms with van der Waals surface area (Å²) in [6, 6.07) is 72.2. The van der Waals surface area contributed by atoms with Gasteiger partial charge in [-0.2, -0.15) is 0 Å². The fourth-order valence-electron chi connectivity index (χ4n) is 12.5. The summed E-state index contributed by atoms with van der Waals surface area (Å²) >= 11 is 0. The number of hydrogen-bond acceptors (Lipinski definition) is 4. The molecular weight excluding hydrogens is 985 g/mol. The molecule has 0 aliphatic heterocycles. The lowest BCUT2D eigenvalue weighted by atomic mass is 9.67. The van der Waals surface area contributed by atoms with Crippen molar-refractivity contribution in [3.63, 3.8) is 0 Å². The predicted octanol–water partition coefficient (Wildman–Crippen LogP) is 22.2. The van der Waals surface area contributed by atoms with Crippen molar-refractivity contribution in [2.24, 2.45) is 5.41 Å². The molecule has 2 aromatic heterocycles. The van der Waals surface area contributed by atoms with Crippen molar-refractivity contribution in [2.75, 3.05) is 9.80 Å². The van der Waals surface area contributed by atoms with Crippen molar-refractivity contribution >= 4 is 72.3 Å². The summed E-state index contributed by atoms with van der Waals surface area (Å²) < 4.78 is 15.1. The van der Waals surface area contributed by atoms with Crippen molar-refractivity contribution < 1.29 is 8.83 Å². The molecule has 0 N–H and O–H groups in total. The highest BCUT2D eigenvalue weighted by atomic mass is 16.3. The van der Waals surface area contributed by atoms with E-state index in [4.69, 9.17) is 8.83 Å².